The van der Waals surface area contributed by atoms with Crippen LogP contribution in [-0.2, 0) is 0 Å². The standard InChI is InChI=1S/C17H18BrClN2O2S/c1-10(13-9-12(22-2)5-7-16(13)23-3)20-17(24)21-15-6-4-11(18)8-14(15)19/h4-10H,1-3H3,(H2,20,21,24). The highest BCUT2D eigenvalue weighted by molar-refractivity contribution is 9.10. The number of hydrogen-bond donors (Lipinski definition) is 2. The van der Waals surface area contributed by atoms with Crippen LogP contribution in [0, 0.1) is 0 Å². The molecule has 0 aliphatic rings. The second-order valence-corrected chi connectivity index (χ2v) is 6.78. The Hall–Kier alpha value is -1.50. The van der Waals surface area contributed by atoms with E-state index in [1.165, 1.54) is 0 Å². The van der Waals surface area contributed by atoms with Crippen molar-refractivity contribution in [2.45, 2.75) is 13.0 Å². The van der Waals surface area contributed by atoms with Gasteiger partial charge in [0.05, 0.1) is 31.0 Å². The molecule has 1 atom stereocenters. The quantitative estimate of drug-likeness (QED) is 0.642. The normalized spacial score (nSPS) is 11.5. The summed E-state index contributed by atoms with van der Waals surface area (Å²) in [5.74, 6) is 1.52. The minimum Gasteiger partial charge on any atom is -0.497 e. The number of hydrogen-bond acceptors (Lipinski definition) is 3. The summed E-state index contributed by atoms with van der Waals surface area (Å²) < 4.78 is 11.6. The molecular weight excluding hydrogens is 412 g/mol. The molecule has 24 heavy (non-hydrogen) atoms. The van der Waals surface area contributed by atoms with E-state index in [1.807, 2.05) is 37.3 Å². The molecule has 2 aromatic carbocycles. The van der Waals surface area contributed by atoms with E-state index in [9.17, 15) is 0 Å². The molecule has 4 nitrogen and oxygen atoms in total. The van der Waals surface area contributed by atoms with E-state index < -0.39 is 0 Å². The van der Waals surface area contributed by atoms with E-state index in [0.29, 0.717) is 10.1 Å². The highest BCUT2D eigenvalue weighted by Gasteiger charge is 2.14. The van der Waals surface area contributed by atoms with E-state index >= 15 is 0 Å². The molecule has 0 aromatic heterocycles. The fourth-order valence-electron chi connectivity index (χ4n) is 2.20. The van der Waals surface area contributed by atoms with Crippen LogP contribution in [0.1, 0.15) is 18.5 Å². The molecule has 0 bridgehead atoms. The average Bonchev–Trinajstić information content (AvgIpc) is 2.56. The van der Waals surface area contributed by atoms with E-state index in [4.69, 9.17) is 33.3 Å². The summed E-state index contributed by atoms with van der Waals surface area (Å²) >= 11 is 15.0. The van der Waals surface area contributed by atoms with Gasteiger partial charge in [-0.3, -0.25) is 0 Å². The zero-order valence-electron chi connectivity index (χ0n) is 13.5. The van der Waals surface area contributed by atoms with E-state index in [1.54, 1.807) is 20.3 Å². The van der Waals surface area contributed by atoms with Crippen molar-refractivity contribution in [2.75, 3.05) is 19.5 Å². The first-order chi connectivity index (χ1) is 11.4. The number of anilines is 1. The predicted octanol–water partition coefficient (Wildman–Crippen LogP) is 5.17. The zero-order valence-corrected chi connectivity index (χ0v) is 16.7. The lowest BCUT2D eigenvalue weighted by atomic mass is 10.1. The highest BCUT2D eigenvalue weighted by Crippen LogP contribution is 2.30. The maximum absolute atomic E-state index is 6.20. The van der Waals surface area contributed by atoms with Gasteiger partial charge in [-0.05, 0) is 55.5 Å². The molecule has 128 valence electrons. The SMILES string of the molecule is COc1ccc(OC)c(C(C)NC(=S)Nc2ccc(Br)cc2Cl)c1. The van der Waals surface area contributed by atoms with Crippen LogP contribution in [-0.4, -0.2) is 19.3 Å². The van der Waals surface area contributed by atoms with Gasteiger partial charge in [-0.15, -0.1) is 0 Å². The van der Waals surface area contributed by atoms with Crippen molar-refractivity contribution in [1.82, 2.24) is 5.32 Å². The zero-order chi connectivity index (χ0) is 17.7. The molecule has 0 saturated heterocycles. The van der Waals surface area contributed by atoms with Crippen molar-refractivity contribution in [2.24, 2.45) is 0 Å². The lowest BCUT2D eigenvalue weighted by Crippen LogP contribution is -2.31. The Kier molecular flexibility index (Phi) is 6.71. The first-order valence-electron chi connectivity index (χ1n) is 7.19. The number of methoxy groups -OCH3 is 2. The van der Waals surface area contributed by atoms with Crippen LogP contribution in [0.2, 0.25) is 5.02 Å². The van der Waals surface area contributed by atoms with Gasteiger partial charge in [0, 0.05) is 10.0 Å². The highest BCUT2D eigenvalue weighted by atomic mass is 79.9. The number of nitrogens with one attached hydrogen (secondary N) is 2. The largest absolute Gasteiger partial charge is 0.497 e. The van der Waals surface area contributed by atoms with Crippen LogP contribution < -0.4 is 20.1 Å². The Labute approximate surface area is 160 Å². The second-order valence-electron chi connectivity index (χ2n) is 5.05. The van der Waals surface area contributed by atoms with Crippen molar-refractivity contribution in [3.05, 3.63) is 51.5 Å². The van der Waals surface area contributed by atoms with Gasteiger partial charge in [0.1, 0.15) is 11.5 Å². The van der Waals surface area contributed by atoms with Gasteiger partial charge in [0.2, 0.25) is 0 Å². The summed E-state index contributed by atoms with van der Waals surface area (Å²) in [4.78, 5) is 0. The molecule has 0 radical (unpaired) electrons. The van der Waals surface area contributed by atoms with E-state index in [2.05, 4.69) is 26.6 Å². The van der Waals surface area contributed by atoms with Crippen LogP contribution in [0.4, 0.5) is 5.69 Å². The Morgan fingerprint density at radius 3 is 2.54 bits per heavy atom. The fourth-order valence-corrected chi connectivity index (χ4v) is 3.21. The third-order valence-corrected chi connectivity index (χ3v) is 4.46. The van der Waals surface area contributed by atoms with Crippen molar-refractivity contribution >= 4 is 50.5 Å². The molecule has 0 saturated carbocycles. The average molecular weight is 430 g/mol. The molecule has 0 spiro atoms. The van der Waals surface area contributed by atoms with Crippen LogP contribution in [0.25, 0.3) is 0 Å². The van der Waals surface area contributed by atoms with E-state index in [0.717, 1.165) is 27.2 Å². The molecular formula is C17H18BrClN2O2S. The lowest BCUT2D eigenvalue weighted by molar-refractivity contribution is 0.395. The van der Waals surface area contributed by atoms with Gasteiger partial charge in [-0.25, -0.2) is 0 Å². The van der Waals surface area contributed by atoms with E-state index in [-0.39, 0.29) is 6.04 Å². The second kappa shape index (κ2) is 8.55. The maximum atomic E-state index is 6.20. The van der Waals surface area contributed by atoms with Crippen LogP contribution in [0.3, 0.4) is 0 Å². The smallest absolute Gasteiger partial charge is 0.171 e. The van der Waals surface area contributed by atoms with Crippen molar-refractivity contribution in [1.29, 1.82) is 0 Å². The molecule has 0 fully saturated rings. The third kappa shape index (κ3) is 4.75. The minimum atomic E-state index is -0.0794. The molecule has 0 aliphatic heterocycles. The van der Waals surface area contributed by atoms with Gasteiger partial charge < -0.3 is 20.1 Å². The summed E-state index contributed by atoms with van der Waals surface area (Å²) in [7, 11) is 3.27. The first-order valence-corrected chi connectivity index (χ1v) is 8.77. The molecule has 2 aromatic rings. The summed E-state index contributed by atoms with van der Waals surface area (Å²) in [6, 6.07) is 11.1. The van der Waals surface area contributed by atoms with Crippen LogP contribution >= 0.6 is 39.7 Å². The Morgan fingerprint density at radius 2 is 1.92 bits per heavy atom. The molecule has 0 aliphatic carbocycles. The Morgan fingerprint density at radius 1 is 1.17 bits per heavy atom. The summed E-state index contributed by atoms with van der Waals surface area (Å²) in [6.07, 6.45) is 0. The number of halogens is 2. The van der Waals surface area contributed by atoms with Gasteiger partial charge in [0.15, 0.2) is 5.11 Å². The minimum absolute atomic E-state index is 0.0794. The molecule has 0 amide bonds. The van der Waals surface area contributed by atoms with Gasteiger partial charge in [-0.2, -0.15) is 0 Å². The summed E-state index contributed by atoms with van der Waals surface area (Å²) in [6.45, 7) is 1.99. The van der Waals surface area contributed by atoms with Crippen LogP contribution in [0.15, 0.2) is 40.9 Å². The van der Waals surface area contributed by atoms with Crippen LogP contribution in [0.5, 0.6) is 11.5 Å². The fraction of sp³-hybridized carbons (Fsp3) is 0.235. The molecule has 2 N–H and O–H groups in total. The molecule has 7 heteroatoms. The van der Waals surface area contributed by atoms with Crippen molar-refractivity contribution < 1.29 is 9.47 Å². The Balaban J connectivity index is 2.11. The molecule has 2 rings (SSSR count). The number of rotatable bonds is 5. The van der Waals surface area contributed by atoms with Gasteiger partial charge in [0.25, 0.3) is 0 Å². The number of thiocarbonyl (C=S) groups is 1. The van der Waals surface area contributed by atoms with Gasteiger partial charge in [-0.1, -0.05) is 27.5 Å². The third-order valence-electron chi connectivity index (χ3n) is 3.43. The number of ether oxygens (including phenoxy) is 2. The summed E-state index contributed by atoms with van der Waals surface area (Å²) in [5.41, 5.74) is 1.69. The maximum Gasteiger partial charge on any atom is 0.171 e. The van der Waals surface area contributed by atoms with Gasteiger partial charge >= 0.3 is 0 Å². The topological polar surface area (TPSA) is 42.5 Å². The molecule has 1 unspecified atom stereocenters. The number of benzene rings is 2. The summed E-state index contributed by atoms with van der Waals surface area (Å²) in [5, 5.41) is 7.38. The monoisotopic (exact) mass is 428 g/mol. The Bertz CT molecular complexity index is 743. The van der Waals surface area contributed by atoms with Crippen molar-refractivity contribution in [3.63, 3.8) is 0 Å². The van der Waals surface area contributed by atoms with Crippen molar-refractivity contribution in [3.8, 4) is 11.5 Å². The lowest BCUT2D eigenvalue weighted by Gasteiger charge is -2.20. The first kappa shape index (κ1) is 18.8. The predicted molar refractivity (Wildman–Crippen MR) is 106 cm³/mol. The molecule has 0 heterocycles.